The van der Waals surface area contributed by atoms with Crippen LogP contribution in [0.15, 0.2) is 4.52 Å². The number of nitrogens with zero attached hydrogens (tertiary/aromatic N) is 3. The third-order valence-electron chi connectivity index (χ3n) is 4.41. The largest absolute Gasteiger partial charge is 0.338 e. The first-order valence-electron chi connectivity index (χ1n) is 7.14. The van der Waals surface area contributed by atoms with Crippen molar-refractivity contribution in [3.8, 4) is 0 Å². The summed E-state index contributed by atoms with van der Waals surface area (Å²) >= 11 is 0. The molecular formula is C13H22N4O. The molecule has 1 atom stereocenters. The lowest BCUT2D eigenvalue weighted by atomic mass is 9.78. The number of rotatable bonds is 3. The summed E-state index contributed by atoms with van der Waals surface area (Å²) in [5.74, 6) is 1.62. The minimum Gasteiger partial charge on any atom is -0.338 e. The fraction of sp³-hybridized carbons (Fsp3) is 0.846. The van der Waals surface area contributed by atoms with E-state index in [0.717, 1.165) is 50.9 Å². The van der Waals surface area contributed by atoms with Crippen molar-refractivity contribution in [2.45, 2.75) is 44.4 Å². The van der Waals surface area contributed by atoms with Crippen LogP contribution in [0.2, 0.25) is 0 Å². The summed E-state index contributed by atoms with van der Waals surface area (Å²) in [7, 11) is 0. The van der Waals surface area contributed by atoms with E-state index in [-0.39, 0.29) is 5.41 Å². The molecule has 2 aliphatic rings. The normalized spacial score (nSPS) is 28.8. The van der Waals surface area contributed by atoms with E-state index in [0.29, 0.717) is 0 Å². The van der Waals surface area contributed by atoms with Gasteiger partial charge >= 0.3 is 0 Å². The molecule has 1 aromatic rings. The summed E-state index contributed by atoms with van der Waals surface area (Å²) in [6.07, 6.45) is 5.88. The van der Waals surface area contributed by atoms with Gasteiger partial charge < -0.3 is 14.7 Å². The highest BCUT2D eigenvalue weighted by atomic mass is 16.5. The zero-order valence-corrected chi connectivity index (χ0v) is 11.1. The summed E-state index contributed by atoms with van der Waals surface area (Å²) in [6, 6.07) is 0. The first-order chi connectivity index (χ1) is 8.84. The quantitative estimate of drug-likeness (QED) is 0.885. The van der Waals surface area contributed by atoms with Crippen LogP contribution in [0.4, 0.5) is 5.95 Å². The number of piperidine rings is 1. The number of anilines is 1. The second-order valence-electron chi connectivity index (χ2n) is 5.51. The standard InChI is InChI=1S/C13H22N4O/c1-2-13(6-5-7-14-10-13)11-15-12(16-18-11)17-8-3-4-9-17/h14H,2-10H2,1H3. The molecule has 2 saturated heterocycles. The summed E-state index contributed by atoms with van der Waals surface area (Å²) in [5, 5.41) is 7.64. The summed E-state index contributed by atoms with van der Waals surface area (Å²) in [4.78, 5) is 6.90. The molecule has 1 aromatic heterocycles. The van der Waals surface area contributed by atoms with Crippen LogP contribution in [0.5, 0.6) is 0 Å². The van der Waals surface area contributed by atoms with Gasteiger partial charge in [-0.2, -0.15) is 4.98 Å². The zero-order valence-electron chi connectivity index (χ0n) is 11.1. The zero-order chi connectivity index (χ0) is 12.4. The van der Waals surface area contributed by atoms with Crippen molar-refractivity contribution in [2.24, 2.45) is 0 Å². The van der Waals surface area contributed by atoms with Gasteiger partial charge in [-0.1, -0.05) is 6.92 Å². The van der Waals surface area contributed by atoms with Gasteiger partial charge in [0.2, 0.25) is 5.89 Å². The Morgan fingerprint density at radius 1 is 1.33 bits per heavy atom. The molecule has 5 nitrogen and oxygen atoms in total. The highest BCUT2D eigenvalue weighted by Gasteiger charge is 2.38. The van der Waals surface area contributed by atoms with E-state index in [2.05, 4.69) is 27.3 Å². The predicted molar refractivity (Wildman–Crippen MR) is 69.8 cm³/mol. The smallest absolute Gasteiger partial charge is 0.266 e. The highest BCUT2D eigenvalue weighted by Crippen LogP contribution is 2.34. The molecule has 2 fully saturated rings. The number of nitrogens with one attached hydrogen (secondary N) is 1. The van der Waals surface area contributed by atoms with Crippen LogP contribution in [-0.2, 0) is 5.41 Å². The van der Waals surface area contributed by atoms with Crippen molar-refractivity contribution in [1.82, 2.24) is 15.5 Å². The molecule has 1 N–H and O–H groups in total. The fourth-order valence-corrected chi connectivity index (χ4v) is 3.08. The molecule has 0 radical (unpaired) electrons. The molecule has 0 aromatic carbocycles. The number of hydrogen-bond donors (Lipinski definition) is 1. The Hall–Kier alpha value is -1.10. The van der Waals surface area contributed by atoms with E-state index in [1.54, 1.807) is 0 Å². The molecule has 0 amide bonds. The fourth-order valence-electron chi connectivity index (χ4n) is 3.08. The Bertz CT molecular complexity index is 391. The van der Waals surface area contributed by atoms with Crippen LogP contribution in [0.3, 0.4) is 0 Å². The molecule has 0 saturated carbocycles. The topological polar surface area (TPSA) is 54.2 Å². The van der Waals surface area contributed by atoms with Crippen molar-refractivity contribution in [2.75, 3.05) is 31.1 Å². The molecule has 1 unspecified atom stereocenters. The van der Waals surface area contributed by atoms with Gasteiger partial charge in [-0.05, 0) is 43.8 Å². The Kier molecular flexibility index (Phi) is 3.24. The average molecular weight is 250 g/mol. The van der Waals surface area contributed by atoms with Crippen LogP contribution >= 0.6 is 0 Å². The van der Waals surface area contributed by atoms with Gasteiger partial charge in [-0.25, -0.2) is 0 Å². The number of hydrogen-bond acceptors (Lipinski definition) is 5. The van der Waals surface area contributed by atoms with E-state index < -0.39 is 0 Å². The van der Waals surface area contributed by atoms with Crippen LogP contribution in [0.1, 0.15) is 44.9 Å². The molecule has 2 aliphatic heterocycles. The molecule has 3 rings (SSSR count). The van der Waals surface area contributed by atoms with Gasteiger partial charge in [0, 0.05) is 19.6 Å². The van der Waals surface area contributed by atoms with Gasteiger partial charge in [0.05, 0.1) is 5.41 Å². The molecule has 0 aliphatic carbocycles. The van der Waals surface area contributed by atoms with Crippen molar-refractivity contribution < 1.29 is 4.52 Å². The Labute approximate surface area is 108 Å². The maximum Gasteiger partial charge on any atom is 0.266 e. The second-order valence-corrected chi connectivity index (χ2v) is 5.51. The molecule has 18 heavy (non-hydrogen) atoms. The lowest BCUT2D eigenvalue weighted by Gasteiger charge is -2.33. The van der Waals surface area contributed by atoms with Crippen LogP contribution in [0.25, 0.3) is 0 Å². The minimum atomic E-state index is 0.0588. The molecule has 5 heteroatoms. The monoisotopic (exact) mass is 250 g/mol. The highest BCUT2D eigenvalue weighted by molar-refractivity contribution is 5.30. The predicted octanol–water partition coefficient (Wildman–Crippen LogP) is 1.70. The van der Waals surface area contributed by atoms with Crippen molar-refractivity contribution in [1.29, 1.82) is 0 Å². The summed E-state index contributed by atoms with van der Waals surface area (Å²) < 4.78 is 5.57. The van der Waals surface area contributed by atoms with E-state index in [1.807, 2.05) is 0 Å². The lowest BCUT2D eigenvalue weighted by Crippen LogP contribution is -2.43. The van der Waals surface area contributed by atoms with Crippen LogP contribution in [-0.4, -0.2) is 36.3 Å². The minimum absolute atomic E-state index is 0.0588. The molecule has 100 valence electrons. The van der Waals surface area contributed by atoms with Gasteiger partial charge in [0.25, 0.3) is 5.95 Å². The lowest BCUT2D eigenvalue weighted by molar-refractivity contribution is 0.221. The maximum atomic E-state index is 5.57. The second kappa shape index (κ2) is 4.88. The van der Waals surface area contributed by atoms with Crippen molar-refractivity contribution in [3.63, 3.8) is 0 Å². The van der Waals surface area contributed by atoms with E-state index in [4.69, 9.17) is 4.52 Å². The molecule has 0 bridgehead atoms. The first kappa shape index (κ1) is 12.0. The van der Waals surface area contributed by atoms with Crippen molar-refractivity contribution in [3.05, 3.63) is 5.89 Å². The number of aromatic nitrogens is 2. The Morgan fingerprint density at radius 3 is 2.83 bits per heavy atom. The maximum absolute atomic E-state index is 5.57. The van der Waals surface area contributed by atoms with E-state index >= 15 is 0 Å². The first-order valence-corrected chi connectivity index (χ1v) is 7.14. The van der Waals surface area contributed by atoms with E-state index in [9.17, 15) is 0 Å². The van der Waals surface area contributed by atoms with Crippen molar-refractivity contribution >= 4 is 5.95 Å². The summed E-state index contributed by atoms with van der Waals surface area (Å²) in [5.41, 5.74) is 0.0588. The van der Waals surface area contributed by atoms with Crippen LogP contribution < -0.4 is 10.2 Å². The van der Waals surface area contributed by atoms with Gasteiger partial charge in [0.15, 0.2) is 0 Å². The van der Waals surface area contributed by atoms with E-state index in [1.165, 1.54) is 19.3 Å². The SMILES string of the molecule is CCC1(c2nc(N3CCCC3)no2)CCCNC1. The Balaban J connectivity index is 1.82. The third kappa shape index (κ3) is 2.00. The van der Waals surface area contributed by atoms with Gasteiger partial charge in [0.1, 0.15) is 0 Å². The Morgan fingerprint density at radius 2 is 2.17 bits per heavy atom. The van der Waals surface area contributed by atoms with Gasteiger partial charge in [-0.3, -0.25) is 0 Å². The average Bonchev–Trinajstić information content (AvgIpc) is 3.10. The molecule has 3 heterocycles. The molecule has 0 spiro atoms. The molecular weight excluding hydrogens is 228 g/mol. The van der Waals surface area contributed by atoms with Gasteiger partial charge in [-0.15, -0.1) is 0 Å². The third-order valence-corrected chi connectivity index (χ3v) is 4.41. The van der Waals surface area contributed by atoms with Crippen LogP contribution in [0, 0.1) is 0 Å². The summed E-state index contributed by atoms with van der Waals surface area (Å²) in [6.45, 7) is 6.42.